The lowest BCUT2D eigenvalue weighted by atomic mass is 9.84. The standard InChI is InChI=1S/C14H19N3/c1-10-5-6-11(9-12(10)14(2,3)4)16-13-7-8-15-17-13/h5-9H,1-4H3,(H2,15,16,17). The minimum Gasteiger partial charge on any atom is -0.341 e. The molecule has 0 saturated heterocycles. The summed E-state index contributed by atoms with van der Waals surface area (Å²) in [6, 6.07) is 8.36. The topological polar surface area (TPSA) is 40.7 Å². The molecule has 1 heterocycles. The molecular weight excluding hydrogens is 210 g/mol. The SMILES string of the molecule is Cc1ccc(Nc2ccn[nH]2)cc1C(C)(C)C. The third-order valence-electron chi connectivity index (χ3n) is 2.83. The third-order valence-corrected chi connectivity index (χ3v) is 2.83. The Morgan fingerprint density at radius 2 is 1.94 bits per heavy atom. The summed E-state index contributed by atoms with van der Waals surface area (Å²) in [7, 11) is 0. The van der Waals surface area contributed by atoms with Crippen molar-refractivity contribution in [3.05, 3.63) is 41.6 Å². The highest BCUT2D eigenvalue weighted by Crippen LogP contribution is 2.28. The number of aromatic nitrogens is 2. The average Bonchev–Trinajstić information content (AvgIpc) is 2.72. The molecule has 0 aliphatic heterocycles. The van der Waals surface area contributed by atoms with Crippen molar-refractivity contribution in [2.24, 2.45) is 0 Å². The molecule has 0 saturated carbocycles. The maximum atomic E-state index is 3.92. The van der Waals surface area contributed by atoms with E-state index in [2.05, 4.69) is 61.4 Å². The molecule has 17 heavy (non-hydrogen) atoms. The molecule has 2 aromatic rings. The van der Waals surface area contributed by atoms with Crippen LogP contribution in [-0.4, -0.2) is 10.2 Å². The third kappa shape index (κ3) is 2.67. The van der Waals surface area contributed by atoms with E-state index in [0.29, 0.717) is 0 Å². The van der Waals surface area contributed by atoms with Gasteiger partial charge in [-0.1, -0.05) is 26.8 Å². The van der Waals surface area contributed by atoms with E-state index in [1.807, 2.05) is 6.07 Å². The van der Waals surface area contributed by atoms with Crippen LogP contribution in [0, 0.1) is 6.92 Å². The fraction of sp³-hybridized carbons (Fsp3) is 0.357. The molecule has 0 amide bonds. The predicted molar refractivity (Wildman–Crippen MR) is 71.7 cm³/mol. The van der Waals surface area contributed by atoms with Gasteiger partial charge in [-0.05, 0) is 35.6 Å². The second-order valence-electron chi connectivity index (χ2n) is 5.38. The lowest BCUT2D eigenvalue weighted by Gasteiger charge is -2.22. The molecule has 0 aliphatic rings. The smallest absolute Gasteiger partial charge is 0.125 e. The Hall–Kier alpha value is -1.77. The summed E-state index contributed by atoms with van der Waals surface area (Å²) in [6.07, 6.45) is 1.74. The van der Waals surface area contributed by atoms with Crippen molar-refractivity contribution in [1.29, 1.82) is 0 Å². The molecule has 0 spiro atoms. The Labute approximate surface area is 102 Å². The zero-order valence-corrected chi connectivity index (χ0v) is 10.8. The molecule has 1 aromatic heterocycles. The van der Waals surface area contributed by atoms with Crippen LogP contribution in [0.15, 0.2) is 30.5 Å². The Morgan fingerprint density at radius 3 is 2.53 bits per heavy atom. The summed E-state index contributed by atoms with van der Waals surface area (Å²) in [5, 5.41) is 10.1. The van der Waals surface area contributed by atoms with Gasteiger partial charge in [-0.15, -0.1) is 0 Å². The van der Waals surface area contributed by atoms with Gasteiger partial charge in [-0.3, -0.25) is 5.10 Å². The summed E-state index contributed by atoms with van der Waals surface area (Å²) in [6.45, 7) is 8.85. The van der Waals surface area contributed by atoms with Crippen LogP contribution in [0.25, 0.3) is 0 Å². The molecule has 0 bridgehead atoms. The molecule has 0 atom stereocenters. The number of nitrogens with one attached hydrogen (secondary N) is 2. The van der Waals surface area contributed by atoms with Crippen molar-refractivity contribution in [1.82, 2.24) is 10.2 Å². The molecule has 3 nitrogen and oxygen atoms in total. The van der Waals surface area contributed by atoms with Crippen LogP contribution in [0.2, 0.25) is 0 Å². The fourth-order valence-electron chi connectivity index (χ4n) is 1.99. The largest absolute Gasteiger partial charge is 0.341 e. The number of anilines is 2. The highest BCUT2D eigenvalue weighted by molar-refractivity contribution is 5.58. The van der Waals surface area contributed by atoms with E-state index in [1.54, 1.807) is 6.20 Å². The van der Waals surface area contributed by atoms with Crippen LogP contribution in [0.4, 0.5) is 11.5 Å². The van der Waals surface area contributed by atoms with Gasteiger partial charge in [-0.2, -0.15) is 5.10 Å². The molecule has 2 N–H and O–H groups in total. The van der Waals surface area contributed by atoms with Crippen LogP contribution < -0.4 is 5.32 Å². The lowest BCUT2D eigenvalue weighted by molar-refractivity contribution is 0.586. The number of aryl methyl sites for hydroxylation is 1. The highest BCUT2D eigenvalue weighted by atomic mass is 15.2. The van der Waals surface area contributed by atoms with Crippen molar-refractivity contribution < 1.29 is 0 Å². The van der Waals surface area contributed by atoms with E-state index in [1.165, 1.54) is 11.1 Å². The monoisotopic (exact) mass is 229 g/mol. The van der Waals surface area contributed by atoms with Gasteiger partial charge < -0.3 is 5.32 Å². The number of H-pyrrole nitrogens is 1. The number of hydrogen-bond acceptors (Lipinski definition) is 2. The maximum Gasteiger partial charge on any atom is 0.125 e. The van der Waals surface area contributed by atoms with Gasteiger partial charge in [0.1, 0.15) is 5.82 Å². The Balaban J connectivity index is 2.31. The number of rotatable bonds is 2. The summed E-state index contributed by atoms with van der Waals surface area (Å²) in [4.78, 5) is 0. The zero-order chi connectivity index (χ0) is 12.5. The van der Waals surface area contributed by atoms with Gasteiger partial charge in [0.15, 0.2) is 0 Å². The second kappa shape index (κ2) is 4.24. The first-order chi connectivity index (χ1) is 7.97. The van der Waals surface area contributed by atoms with E-state index in [-0.39, 0.29) is 5.41 Å². The van der Waals surface area contributed by atoms with Gasteiger partial charge in [-0.25, -0.2) is 0 Å². The highest BCUT2D eigenvalue weighted by Gasteiger charge is 2.16. The molecular formula is C14H19N3. The summed E-state index contributed by atoms with van der Waals surface area (Å²) in [5.41, 5.74) is 3.94. The molecule has 0 unspecified atom stereocenters. The van der Waals surface area contributed by atoms with E-state index in [4.69, 9.17) is 0 Å². The predicted octanol–water partition coefficient (Wildman–Crippen LogP) is 3.76. The molecule has 1 aromatic carbocycles. The molecule has 3 heteroatoms. The number of aromatic amines is 1. The summed E-state index contributed by atoms with van der Waals surface area (Å²) in [5.74, 6) is 0.911. The van der Waals surface area contributed by atoms with Gasteiger partial charge in [0.25, 0.3) is 0 Å². The minimum atomic E-state index is 0.162. The number of nitrogens with zero attached hydrogens (tertiary/aromatic N) is 1. The first-order valence-electron chi connectivity index (χ1n) is 5.84. The van der Waals surface area contributed by atoms with Crippen LogP contribution in [0.5, 0.6) is 0 Å². The van der Waals surface area contributed by atoms with Crippen LogP contribution in [-0.2, 0) is 5.41 Å². The number of benzene rings is 1. The van der Waals surface area contributed by atoms with E-state index < -0.39 is 0 Å². The molecule has 0 fully saturated rings. The van der Waals surface area contributed by atoms with E-state index in [0.717, 1.165) is 11.5 Å². The van der Waals surface area contributed by atoms with Crippen molar-refractivity contribution in [2.75, 3.05) is 5.32 Å². The van der Waals surface area contributed by atoms with Crippen LogP contribution in [0.3, 0.4) is 0 Å². The first-order valence-corrected chi connectivity index (χ1v) is 5.84. The zero-order valence-electron chi connectivity index (χ0n) is 10.8. The minimum absolute atomic E-state index is 0.162. The summed E-state index contributed by atoms with van der Waals surface area (Å²) < 4.78 is 0. The van der Waals surface area contributed by atoms with Gasteiger partial charge in [0.2, 0.25) is 0 Å². The van der Waals surface area contributed by atoms with Crippen molar-refractivity contribution in [3.63, 3.8) is 0 Å². The quantitative estimate of drug-likeness (QED) is 0.823. The second-order valence-corrected chi connectivity index (χ2v) is 5.38. The van der Waals surface area contributed by atoms with Crippen LogP contribution >= 0.6 is 0 Å². The number of hydrogen-bond donors (Lipinski definition) is 2. The van der Waals surface area contributed by atoms with Crippen molar-refractivity contribution >= 4 is 11.5 Å². The van der Waals surface area contributed by atoms with Crippen LogP contribution in [0.1, 0.15) is 31.9 Å². The van der Waals surface area contributed by atoms with E-state index >= 15 is 0 Å². The Kier molecular flexibility index (Phi) is 2.92. The van der Waals surface area contributed by atoms with Crippen molar-refractivity contribution in [3.8, 4) is 0 Å². The Bertz CT molecular complexity index is 493. The van der Waals surface area contributed by atoms with Gasteiger partial charge >= 0.3 is 0 Å². The van der Waals surface area contributed by atoms with Gasteiger partial charge in [0, 0.05) is 11.8 Å². The van der Waals surface area contributed by atoms with E-state index in [9.17, 15) is 0 Å². The normalized spacial score (nSPS) is 11.5. The maximum absolute atomic E-state index is 3.92. The summed E-state index contributed by atoms with van der Waals surface area (Å²) >= 11 is 0. The van der Waals surface area contributed by atoms with Crippen molar-refractivity contribution in [2.45, 2.75) is 33.1 Å². The molecule has 0 aliphatic carbocycles. The Morgan fingerprint density at radius 1 is 1.18 bits per heavy atom. The fourth-order valence-corrected chi connectivity index (χ4v) is 1.99. The first kappa shape index (κ1) is 11.7. The molecule has 2 rings (SSSR count). The van der Waals surface area contributed by atoms with Gasteiger partial charge in [0.05, 0.1) is 6.20 Å². The molecule has 0 radical (unpaired) electrons. The lowest BCUT2D eigenvalue weighted by Crippen LogP contribution is -2.13. The molecule has 90 valence electrons. The average molecular weight is 229 g/mol.